The van der Waals surface area contributed by atoms with Gasteiger partial charge in [-0.05, 0) is 19.4 Å². The van der Waals surface area contributed by atoms with Crippen molar-refractivity contribution in [3.63, 3.8) is 0 Å². The molecule has 3 aromatic rings. The van der Waals surface area contributed by atoms with Gasteiger partial charge < -0.3 is 4.52 Å². The summed E-state index contributed by atoms with van der Waals surface area (Å²) in [6.45, 7) is 8.34. The molecule has 2 aromatic carbocycles. The first-order valence-corrected chi connectivity index (χ1v) is 9.62. The zero-order valence-electron chi connectivity index (χ0n) is 16.0. The van der Waals surface area contributed by atoms with Crippen molar-refractivity contribution in [1.82, 2.24) is 19.9 Å². The fraction of sp³-hybridized carbons (Fsp3) is 0.364. The van der Waals surface area contributed by atoms with Crippen LogP contribution in [0.1, 0.15) is 31.3 Å². The lowest BCUT2D eigenvalue weighted by Crippen LogP contribution is -2.50. The topological polar surface area (TPSA) is 45.4 Å². The SMILES string of the molecule is CC(C)N1CCN(Cc2ccccc2)CC1c1nc(-c2ccccc2)no1. The zero-order valence-corrected chi connectivity index (χ0v) is 16.0. The second-order valence-corrected chi connectivity index (χ2v) is 7.39. The van der Waals surface area contributed by atoms with Crippen LogP contribution in [0.5, 0.6) is 0 Å². The third kappa shape index (κ3) is 4.10. The molecule has 0 radical (unpaired) electrons. The number of aromatic nitrogens is 2. The van der Waals surface area contributed by atoms with Gasteiger partial charge in [-0.2, -0.15) is 4.98 Å². The minimum Gasteiger partial charge on any atom is -0.337 e. The molecule has 4 rings (SSSR count). The molecule has 1 atom stereocenters. The van der Waals surface area contributed by atoms with Crippen LogP contribution in [0, 0.1) is 0 Å². The summed E-state index contributed by atoms with van der Waals surface area (Å²) in [5, 5.41) is 4.23. The summed E-state index contributed by atoms with van der Waals surface area (Å²) >= 11 is 0. The minimum absolute atomic E-state index is 0.118. The summed E-state index contributed by atoms with van der Waals surface area (Å²) in [4.78, 5) is 9.67. The Balaban J connectivity index is 1.55. The molecule has 0 saturated carbocycles. The molecule has 1 aromatic heterocycles. The Morgan fingerprint density at radius 2 is 1.70 bits per heavy atom. The van der Waals surface area contributed by atoms with Crippen LogP contribution in [-0.2, 0) is 6.54 Å². The molecular formula is C22H26N4O. The molecule has 2 heterocycles. The monoisotopic (exact) mass is 362 g/mol. The van der Waals surface area contributed by atoms with Crippen LogP contribution in [0.15, 0.2) is 65.2 Å². The van der Waals surface area contributed by atoms with E-state index in [2.05, 4.69) is 59.1 Å². The summed E-state index contributed by atoms with van der Waals surface area (Å²) in [5.74, 6) is 1.37. The maximum absolute atomic E-state index is 5.71. The Morgan fingerprint density at radius 1 is 1.00 bits per heavy atom. The van der Waals surface area contributed by atoms with E-state index < -0.39 is 0 Å². The first kappa shape index (κ1) is 17.9. The predicted octanol–water partition coefficient (Wildman–Crippen LogP) is 4.00. The molecule has 1 saturated heterocycles. The fourth-order valence-corrected chi connectivity index (χ4v) is 3.75. The van der Waals surface area contributed by atoms with Gasteiger partial charge in [0, 0.05) is 37.8 Å². The lowest BCUT2D eigenvalue weighted by Gasteiger charge is -2.41. The Bertz CT molecular complexity index is 847. The minimum atomic E-state index is 0.118. The van der Waals surface area contributed by atoms with Gasteiger partial charge in [-0.3, -0.25) is 9.80 Å². The van der Waals surface area contributed by atoms with E-state index in [1.54, 1.807) is 0 Å². The van der Waals surface area contributed by atoms with E-state index in [0.717, 1.165) is 31.7 Å². The number of piperazine rings is 1. The standard InChI is InChI=1S/C22H26N4O/c1-17(2)26-14-13-25(15-18-9-5-3-6-10-18)16-20(26)22-23-21(24-27-22)19-11-7-4-8-12-19/h3-12,17,20H,13-16H2,1-2H3. The molecule has 0 bridgehead atoms. The zero-order chi connectivity index (χ0) is 18.6. The second kappa shape index (κ2) is 8.03. The molecule has 0 aliphatic carbocycles. The van der Waals surface area contributed by atoms with Crippen LogP contribution in [0.2, 0.25) is 0 Å². The van der Waals surface area contributed by atoms with Gasteiger partial charge in [-0.15, -0.1) is 0 Å². The first-order chi connectivity index (χ1) is 13.2. The van der Waals surface area contributed by atoms with E-state index in [1.807, 2.05) is 30.3 Å². The highest BCUT2D eigenvalue weighted by atomic mass is 16.5. The normalized spacial score (nSPS) is 18.9. The largest absolute Gasteiger partial charge is 0.337 e. The van der Waals surface area contributed by atoms with Gasteiger partial charge in [0.15, 0.2) is 0 Å². The highest BCUT2D eigenvalue weighted by Crippen LogP contribution is 2.28. The third-order valence-corrected chi connectivity index (χ3v) is 5.18. The van der Waals surface area contributed by atoms with E-state index in [0.29, 0.717) is 17.8 Å². The van der Waals surface area contributed by atoms with Gasteiger partial charge in [-0.1, -0.05) is 65.8 Å². The van der Waals surface area contributed by atoms with Crippen molar-refractivity contribution < 1.29 is 4.52 Å². The van der Waals surface area contributed by atoms with Gasteiger partial charge in [0.05, 0.1) is 0 Å². The molecular weight excluding hydrogens is 336 g/mol. The summed E-state index contributed by atoms with van der Waals surface area (Å²) in [6.07, 6.45) is 0. The van der Waals surface area contributed by atoms with Gasteiger partial charge in [-0.25, -0.2) is 0 Å². The van der Waals surface area contributed by atoms with E-state index in [4.69, 9.17) is 9.51 Å². The van der Waals surface area contributed by atoms with E-state index >= 15 is 0 Å². The van der Waals surface area contributed by atoms with Gasteiger partial charge >= 0.3 is 0 Å². The average molecular weight is 362 g/mol. The van der Waals surface area contributed by atoms with Crippen molar-refractivity contribution >= 4 is 0 Å². The van der Waals surface area contributed by atoms with E-state index in [1.165, 1.54) is 5.56 Å². The van der Waals surface area contributed by atoms with Crippen LogP contribution in [-0.4, -0.2) is 45.6 Å². The lowest BCUT2D eigenvalue weighted by molar-refractivity contribution is 0.0307. The van der Waals surface area contributed by atoms with Crippen LogP contribution in [0.25, 0.3) is 11.4 Å². The Labute approximate surface area is 160 Å². The number of rotatable bonds is 5. The van der Waals surface area contributed by atoms with Crippen molar-refractivity contribution in [3.05, 3.63) is 72.1 Å². The molecule has 0 spiro atoms. The van der Waals surface area contributed by atoms with Crippen molar-refractivity contribution in [2.24, 2.45) is 0 Å². The average Bonchev–Trinajstić information content (AvgIpc) is 3.19. The number of hydrogen-bond donors (Lipinski definition) is 0. The molecule has 5 heteroatoms. The maximum Gasteiger partial charge on any atom is 0.245 e. The molecule has 1 aliphatic rings. The van der Waals surface area contributed by atoms with E-state index in [-0.39, 0.29) is 6.04 Å². The molecule has 1 fully saturated rings. The number of hydrogen-bond acceptors (Lipinski definition) is 5. The summed E-state index contributed by atoms with van der Waals surface area (Å²) in [6, 6.07) is 21.2. The summed E-state index contributed by atoms with van der Waals surface area (Å²) in [7, 11) is 0. The Kier molecular flexibility index (Phi) is 5.32. The lowest BCUT2D eigenvalue weighted by atomic mass is 10.1. The fourth-order valence-electron chi connectivity index (χ4n) is 3.75. The smallest absolute Gasteiger partial charge is 0.245 e. The molecule has 27 heavy (non-hydrogen) atoms. The van der Waals surface area contributed by atoms with Gasteiger partial charge in [0.25, 0.3) is 0 Å². The highest BCUT2D eigenvalue weighted by molar-refractivity contribution is 5.53. The van der Waals surface area contributed by atoms with Crippen molar-refractivity contribution in [2.75, 3.05) is 19.6 Å². The van der Waals surface area contributed by atoms with Gasteiger partial charge in [0.1, 0.15) is 6.04 Å². The number of nitrogens with zero attached hydrogens (tertiary/aromatic N) is 4. The molecule has 140 valence electrons. The molecule has 1 aliphatic heterocycles. The maximum atomic E-state index is 5.71. The van der Waals surface area contributed by atoms with Crippen LogP contribution < -0.4 is 0 Å². The third-order valence-electron chi connectivity index (χ3n) is 5.18. The molecule has 0 amide bonds. The van der Waals surface area contributed by atoms with Crippen molar-refractivity contribution in [1.29, 1.82) is 0 Å². The van der Waals surface area contributed by atoms with Crippen molar-refractivity contribution in [2.45, 2.75) is 32.5 Å². The first-order valence-electron chi connectivity index (χ1n) is 9.62. The van der Waals surface area contributed by atoms with Crippen molar-refractivity contribution in [3.8, 4) is 11.4 Å². The second-order valence-electron chi connectivity index (χ2n) is 7.39. The van der Waals surface area contributed by atoms with E-state index in [9.17, 15) is 0 Å². The highest BCUT2D eigenvalue weighted by Gasteiger charge is 2.33. The Hall–Kier alpha value is -2.50. The van der Waals surface area contributed by atoms with Crippen LogP contribution in [0.4, 0.5) is 0 Å². The molecule has 0 N–H and O–H groups in total. The number of benzene rings is 2. The summed E-state index contributed by atoms with van der Waals surface area (Å²) in [5.41, 5.74) is 2.32. The van der Waals surface area contributed by atoms with Crippen LogP contribution in [0.3, 0.4) is 0 Å². The quantitative estimate of drug-likeness (QED) is 0.686. The predicted molar refractivity (Wildman–Crippen MR) is 106 cm³/mol. The molecule has 1 unspecified atom stereocenters. The summed E-state index contributed by atoms with van der Waals surface area (Å²) < 4.78 is 5.71. The molecule has 5 nitrogen and oxygen atoms in total. The Morgan fingerprint density at radius 3 is 2.41 bits per heavy atom. The van der Waals surface area contributed by atoms with Crippen LogP contribution >= 0.6 is 0 Å². The van der Waals surface area contributed by atoms with Gasteiger partial charge in [0.2, 0.25) is 11.7 Å².